The van der Waals surface area contributed by atoms with Crippen molar-refractivity contribution in [2.24, 2.45) is 0 Å². The van der Waals surface area contributed by atoms with Crippen LogP contribution in [-0.4, -0.2) is 103 Å². The molecule has 0 bridgehead atoms. The van der Waals surface area contributed by atoms with E-state index >= 15 is 0 Å². The Morgan fingerprint density at radius 3 is 1.96 bits per heavy atom. The molecule has 1 saturated heterocycles. The fourth-order valence-corrected chi connectivity index (χ4v) is 6.59. The van der Waals surface area contributed by atoms with Crippen molar-refractivity contribution in [3.05, 3.63) is 131 Å². The molecular formula is C41H40N2O12. The molecule has 1 aliphatic heterocycles. The zero-order valence-corrected chi connectivity index (χ0v) is 29.7. The molecule has 14 nitrogen and oxygen atoms in total. The van der Waals surface area contributed by atoms with Crippen molar-refractivity contribution < 1.29 is 57.9 Å². The van der Waals surface area contributed by atoms with E-state index in [1.165, 1.54) is 19.1 Å². The van der Waals surface area contributed by atoms with Gasteiger partial charge in [0.05, 0.1) is 18.8 Å². The van der Waals surface area contributed by atoms with Crippen molar-refractivity contribution in [3.8, 4) is 11.1 Å². The second kappa shape index (κ2) is 17.9. The number of Topliss-reactive ketones (excluding diaryl/α,β-unsaturated/α-hetero) is 1. The van der Waals surface area contributed by atoms with Gasteiger partial charge < -0.3 is 44.5 Å². The third kappa shape index (κ3) is 9.24. The summed E-state index contributed by atoms with van der Waals surface area (Å²) in [5.41, 5.74) is 4.43. The number of rotatable bonds is 14. The average molecular weight is 753 g/mol. The minimum Gasteiger partial charge on any atom is -0.456 e. The van der Waals surface area contributed by atoms with Crippen LogP contribution in [0.15, 0.2) is 109 Å². The molecule has 2 amide bonds. The molecule has 4 N–H and O–H groups in total. The molecule has 2 aliphatic rings. The molecule has 14 heteroatoms. The van der Waals surface area contributed by atoms with E-state index in [0.717, 1.165) is 22.3 Å². The third-order valence-electron chi connectivity index (χ3n) is 9.26. The molecule has 0 aromatic heterocycles. The molecule has 6 atom stereocenters. The van der Waals surface area contributed by atoms with E-state index in [1.54, 1.807) is 48.5 Å². The highest BCUT2D eigenvalue weighted by molar-refractivity contribution is 5.98. The van der Waals surface area contributed by atoms with Gasteiger partial charge in [-0.2, -0.15) is 0 Å². The Labute approximate surface area is 316 Å². The zero-order valence-electron chi connectivity index (χ0n) is 29.7. The Morgan fingerprint density at radius 1 is 0.782 bits per heavy atom. The van der Waals surface area contributed by atoms with Crippen molar-refractivity contribution in [1.29, 1.82) is 0 Å². The second-order valence-electron chi connectivity index (χ2n) is 12.9. The number of hydrogen-bond acceptors (Lipinski definition) is 12. The number of amides is 2. The number of fused-ring (bicyclic) bond motifs is 3. The van der Waals surface area contributed by atoms with Crippen LogP contribution in [0.2, 0.25) is 0 Å². The van der Waals surface area contributed by atoms with Gasteiger partial charge >= 0.3 is 18.0 Å². The van der Waals surface area contributed by atoms with Gasteiger partial charge in [-0.05, 0) is 34.4 Å². The first-order valence-corrected chi connectivity index (χ1v) is 17.6. The Bertz CT molecular complexity index is 1950. The molecule has 1 aliphatic carbocycles. The van der Waals surface area contributed by atoms with Gasteiger partial charge in [0.25, 0.3) is 0 Å². The molecular weight excluding hydrogens is 712 g/mol. The van der Waals surface area contributed by atoms with Gasteiger partial charge in [0.1, 0.15) is 24.9 Å². The Balaban J connectivity index is 1.19. The number of aliphatic hydroxyl groups is 2. The zero-order chi connectivity index (χ0) is 38.9. The number of hydrogen-bond donors (Lipinski definition) is 4. The van der Waals surface area contributed by atoms with Gasteiger partial charge in [0.15, 0.2) is 30.8 Å². The highest BCUT2D eigenvalue weighted by Gasteiger charge is 2.49. The summed E-state index contributed by atoms with van der Waals surface area (Å²) in [4.78, 5) is 65.0. The fourth-order valence-electron chi connectivity index (χ4n) is 6.59. The summed E-state index contributed by atoms with van der Waals surface area (Å²) in [6, 6.07) is 28.6. The average Bonchev–Trinajstić information content (AvgIpc) is 3.53. The predicted octanol–water partition coefficient (Wildman–Crippen LogP) is 3.14. The second-order valence-corrected chi connectivity index (χ2v) is 12.9. The van der Waals surface area contributed by atoms with Crippen LogP contribution in [0.1, 0.15) is 44.7 Å². The molecule has 55 heavy (non-hydrogen) atoms. The number of benzene rings is 4. The molecule has 4 aromatic carbocycles. The van der Waals surface area contributed by atoms with E-state index in [0.29, 0.717) is 5.56 Å². The van der Waals surface area contributed by atoms with E-state index in [-0.39, 0.29) is 18.1 Å². The van der Waals surface area contributed by atoms with Crippen LogP contribution >= 0.6 is 0 Å². The number of ether oxygens (including phenoxy) is 5. The van der Waals surface area contributed by atoms with E-state index in [4.69, 9.17) is 23.7 Å². The van der Waals surface area contributed by atoms with E-state index in [9.17, 15) is 34.2 Å². The highest BCUT2D eigenvalue weighted by Crippen LogP contribution is 2.44. The van der Waals surface area contributed by atoms with E-state index in [1.807, 2.05) is 48.5 Å². The minimum absolute atomic E-state index is 0.0736. The quantitative estimate of drug-likeness (QED) is 0.0836. The molecule has 0 saturated carbocycles. The first-order valence-electron chi connectivity index (χ1n) is 17.6. The normalized spacial score (nSPS) is 20.6. The fraction of sp³-hybridized carbons (Fsp3) is 0.293. The summed E-state index contributed by atoms with van der Waals surface area (Å²) in [6.07, 6.45) is -6.99. The van der Waals surface area contributed by atoms with Gasteiger partial charge in [-0.1, -0.05) is 97.1 Å². The maximum absolute atomic E-state index is 13.5. The number of carbonyl (C=O) groups excluding carboxylic acids is 5. The molecule has 6 rings (SSSR count). The van der Waals surface area contributed by atoms with Crippen LogP contribution in [0.4, 0.5) is 4.79 Å². The Hall–Kier alpha value is -5.93. The number of ketones is 1. The summed E-state index contributed by atoms with van der Waals surface area (Å²) >= 11 is 0. The lowest BCUT2D eigenvalue weighted by atomic mass is 9.96. The summed E-state index contributed by atoms with van der Waals surface area (Å²) in [5.74, 6) is -3.28. The minimum atomic E-state index is -1.61. The van der Waals surface area contributed by atoms with Crippen LogP contribution in [-0.2, 0) is 33.3 Å². The van der Waals surface area contributed by atoms with Crippen LogP contribution in [0.3, 0.4) is 0 Å². The third-order valence-corrected chi connectivity index (χ3v) is 9.26. The van der Waals surface area contributed by atoms with Crippen LogP contribution < -0.4 is 10.6 Å². The lowest BCUT2D eigenvalue weighted by molar-refractivity contribution is -0.270. The maximum Gasteiger partial charge on any atom is 0.407 e. The standard InChI is InChI=1S/C41H40N2O12/c1-24(45)42-35-37(55-38(48)26-14-6-3-7-15-26)36(47)34(20-44)54-40(35)52-22-32(39(49)51-23-33(46)25-12-4-2-5-13-25)43-41(50)53-21-31-29-18-10-8-16-27(29)28-17-9-11-19-30(28)31/h2-19,31-32,34-37,40,44,47H,20-23H2,1H3,(H,42,45)(H,43,50)/t32-,34?,35?,36-,37?,40-/m0/s1. The van der Waals surface area contributed by atoms with Crippen LogP contribution in [0.5, 0.6) is 0 Å². The molecule has 1 heterocycles. The van der Waals surface area contributed by atoms with Crippen LogP contribution in [0, 0.1) is 0 Å². The smallest absolute Gasteiger partial charge is 0.407 e. The summed E-state index contributed by atoms with van der Waals surface area (Å²) in [7, 11) is 0. The SMILES string of the molecule is CC(=O)NC1C(OC(=O)c2ccccc2)[C@@H](O)C(CO)O[C@@H]1OC[C@H](NC(=O)OCC1c2ccccc2-c2ccccc21)C(=O)OCC(=O)c1ccccc1. The molecule has 1 fully saturated rings. The summed E-state index contributed by atoms with van der Waals surface area (Å²) in [5, 5.41) is 26.1. The van der Waals surface area contributed by atoms with Crippen molar-refractivity contribution >= 4 is 29.7 Å². The molecule has 3 unspecified atom stereocenters. The van der Waals surface area contributed by atoms with Gasteiger partial charge in [-0.15, -0.1) is 0 Å². The largest absolute Gasteiger partial charge is 0.456 e. The molecule has 4 aromatic rings. The van der Waals surface area contributed by atoms with Crippen molar-refractivity contribution in [3.63, 3.8) is 0 Å². The first kappa shape index (κ1) is 38.8. The Kier molecular flexibility index (Phi) is 12.6. The van der Waals surface area contributed by atoms with Crippen molar-refractivity contribution in [2.45, 2.75) is 49.5 Å². The number of aliphatic hydroxyl groups excluding tert-OH is 2. The number of carbonyl (C=O) groups is 5. The van der Waals surface area contributed by atoms with Gasteiger partial charge in [0, 0.05) is 18.4 Å². The number of nitrogens with one attached hydrogen (secondary N) is 2. The number of alkyl carbamates (subject to hydrolysis) is 1. The summed E-state index contributed by atoms with van der Waals surface area (Å²) in [6.45, 7) is -0.957. The molecule has 0 spiro atoms. The van der Waals surface area contributed by atoms with Crippen molar-refractivity contribution in [1.82, 2.24) is 10.6 Å². The Morgan fingerprint density at radius 2 is 1.36 bits per heavy atom. The number of esters is 2. The highest BCUT2D eigenvalue weighted by atomic mass is 16.7. The van der Waals surface area contributed by atoms with Gasteiger partial charge in [0.2, 0.25) is 5.91 Å². The van der Waals surface area contributed by atoms with E-state index < -0.39 is 86.2 Å². The van der Waals surface area contributed by atoms with Gasteiger partial charge in [-0.25, -0.2) is 14.4 Å². The lowest BCUT2D eigenvalue weighted by Gasteiger charge is -2.43. The first-order chi connectivity index (χ1) is 26.6. The van der Waals surface area contributed by atoms with E-state index in [2.05, 4.69) is 10.6 Å². The predicted molar refractivity (Wildman–Crippen MR) is 195 cm³/mol. The monoisotopic (exact) mass is 752 g/mol. The maximum atomic E-state index is 13.5. The summed E-state index contributed by atoms with van der Waals surface area (Å²) < 4.78 is 28.3. The topological polar surface area (TPSA) is 196 Å². The van der Waals surface area contributed by atoms with Gasteiger partial charge in [-0.3, -0.25) is 9.59 Å². The van der Waals surface area contributed by atoms with Crippen molar-refractivity contribution in [2.75, 3.05) is 26.4 Å². The molecule has 286 valence electrons. The van der Waals surface area contributed by atoms with Crippen LogP contribution in [0.25, 0.3) is 11.1 Å². The molecule has 0 radical (unpaired) electrons. The lowest BCUT2D eigenvalue weighted by Crippen LogP contribution is -2.66.